The highest BCUT2D eigenvalue weighted by atomic mass is 16.6. The minimum absolute atomic E-state index is 0.0256. The van der Waals surface area contributed by atoms with E-state index < -0.39 is 0 Å². The topological polar surface area (TPSA) is 29.5 Å². The molecule has 0 spiro atoms. The molecular formula is C8H16NO2. The number of carbonyl (C=O) groups is 1. The quantitative estimate of drug-likeness (QED) is 0.625. The van der Waals surface area contributed by atoms with Gasteiger partial charge in [-0.05, 0) is 19.8 Å². The van der Waals surface area contributed by atoms with Gasteiger partial charge in [-0.25, -0.2) is 4.79 Å². The first-order valence-electron chi connectivity index (χ1n) is 3.75. The van der Waals surface area contributed by atoms with Crippen molar-refractivity contribution in [2.24, 2.45) is 0 Å². The Morgan fingerprint density at radius 2 is 2.18 bits per heavy atom. The van der Waals surface area contributed by atoms with Crippen molar-refractivity contribution in [2.75, 3.05) is 14.1 Å². The van der Waals surface area contributed by atoms with E-state index in [0.29, 0.717) is 0 Å². The number of hydrogen-bond acceptors (Lipinski definition) is 2. The first-order valence-corrected chi connectivity index (χ1v) is 3.75. The molecule has 0 aliphatic heterocycles. The van der Waals surface area contributed by atoms with Gasteiger partial charge in [-0.2, -0.15) is 0 Å². The summed E-state index contributed by atoms with van der Waals surface area (Å²) in [5, 5.41) is 0. The summed E-state index contributed by atoms with van der Waals surface area (Å²) in [5.74, 6) is 0. The fourth-order valence-electron chi connectivity index (χ4n) is 0.624. The van der Waals surface area contributed by atoms with E-state index in [4.69, 9.17) is 4.74 Å². The van der Waals surface area contributed by atoms with Crippen LogP contribution in [0.15, 0.2) is 0 Å². The van der Waals surface area contributed by atoms with Gasteiger partial charge in [0.1, 0.15) is 6.10 Å². The SMILES string of the molecule is [CH2]CCC(C)OC(=O)N(C)C. The van der Waals surface area contributed by atoms with E-state index in [0.717, 1.165) is 12.8 Å². The number of rotatable bonds is 3. The van der Waals surface area contributed by atoms with Crippen molar-refractivity contribution in [3.63, 3.8) is 0 Å². The molecule has 65 valence electrons. The molecule has 1 unspecified atom stereocenters. The molecule has 0 heterocycles. The molecule has 0 saturated heterocycles. The molecular weight excluding hydrogens is 142 g/mol. The van der Waals surface area contributed by atoms with Crippen molar-refractivity contribution in [2.45, 2.75) is 25.9 Å². The van der Waals surface area contributed by atoms with Crippen molar-refractivity contribution >= 4 is 6.09 Å². The van der Waals surface area contributed by atoms with Gasteiger partial charge in [0, 0.05) is 14.1 Å². The zero-order valence-electron chi connectivity index (χ0n) is 7.46. The van der Waals surface area contributed by atoms with Crippen LogP contribution in [0.25, 0.3) is 0 Å². The summed E-state index contributed by atoms with van der Waals surface area (Å²) >= 11 is 0. The van der Waals surface area contributed by atoms with E-state index in [1.165, 1.54) is 4.90 Å². The van der Waals surface area contributed by atoms with Crippen LogP contribution in [0, 0.1) is 6.92 Å². The summed E-state index contributed by atoms with van der Waals surface area (Å²) in [6, 6.07) is 0. The second-order valence-electron chi connectivity index (χ2n) is 2.73. The maximum Gasteiger partial charge on any atom is 0.409 e. The Bertz CT molecular complexity index is 123. The van der Waals surface area contributed by atoms with Crippen LogP contribution in [0.3, 0.4) is 0 Å². The van der Waals surface area contributed by atoms with E-state index in [2.05, 4.69) is 6.92 Å². The fourth-order valence-corrected chi connectivity index (χ4v) is 0.624. The molecule has 11 heavy (non-hydrogen) atoms. The lowest BCUT2D eigenvalue weighted by Crippen LogP contribution is -2.26. The summed E-state index contributed by atoms with van der Waals surface area (Å²) in [5.41, 5.74) is 0. The Hall–Kier alpha value is -0.730. The minimum Gasteiger partial charge on any atom is -0.446 e. The molecule has 0 N–H and O–H groups in total. The summed E-state index contributed by atoms with van der Waals surface area (Å²) in [6.45, 7) is 5.54. The van der Waals surface area contributed by atoms with Crippen molar-refractivity contribution in [3.8, 4) is 0 Å². The van der Waals surface area contributed by atoms with Crippen LogP contribution in [-0.2, 0) is 4.74 Å². The highest BCUT2D eigenvalue weighted by molar-refractivity contribution is 5.66. The third-order valence-electron chi connectivity index (χ3n) is 1.28. The van der Waals surface area contributed by atoms with Crippen LogP contribution in [0.2, 0.25) is 0 Å². The number of carbonyl (C=O) groups excluding carboxylic acids is 1. The van der Waals surface area contributed by atoms with Gasteiger partial charge in [-0.3, -0.25) is 0 Å². The second-order valence-corrected chi connectivity index (χ2v) is 2.73. The van der Waals surface area contributed by atoms with E-state index in [1.807, 2.05) is 6.92 Å². The molecule has 0 aromatic heterocycles. The lowest BCUT2D eigenvalue weighted by atomic mass is 10.2. The first-order chi connectivity index (χ1) is 5.07. The fraction of sp³-hybridized carbons (Fsp3) is 0.750. The summed E-state index contributed by atoms with van der Waals surface area (Å²) in [6.07, 6.45) is 1.30. The molecule has 0 aromatic rings. The van der Waals surface area contributed by atoms with Gasteiger partial charge < -0.3 is 9.64 Å². The van der Waals surface area contributed by atoms with Crippen molar-refractivity contribution in [1.29, 1.82) is 0 Å². The Labute approximate surface area is 68.3 Å². The maximum absolute atomic E-state index is 10.9. The third-order valence-corrected chi connectivity index (χ3v) is 1.28. The van der Waals surface area contributed by atoms with Gasteiger partial charge in [-0.1, -0.05) is 6.92 Å². The zero-order valence-corrected chi connectivity index (χ0v) is 7.46. The molecule has 3 heteroatoms. The predicted molar refractivity (Wildman–Crippen MR) is 44.2 cm³/mol. The molecule has 0 rings (SSSR count). The average molecular weight is 158 g/mol. The van der Waals surface area contributed by atoms with E-state index >= 15 is 0 Å². The van der Waals surface area contributed by atoms with Gasteiger partial charge >= 0.3 is 6.09 Å². The Balaban J connectivity index is 3.57. The number of nitrogens with zero attached hydrogens (tertiary/aromatic N) is 1. The first kappa shape index (κ1) is 10.3. The smallest absolute Gasteiger partial charge is 0.409 e. The molecule has 3 nitrogen and oxygen atoms in total. The van der Waals surface area contributed by atoms with Gasteiger partial charge in [0.15, 0.2) is 0 Å². The zero-order chi connectivity index (χ0) is 8.85. The monoisotopic (exact) mass is 158 g/mol. The van der Waals surface area contributed by atoms with E-state index in [9.17, 15) is 4.79 Å². The minimum atomic E-state index is -0.286. The lowest BCUT2D eigenvalue weighted by molar-refractivity contribution is 0.0792. The summed E-state index contributed by atoms with van der Waals surface area (Å²) in [4.78, 5) is 12.3. The van der Waals surface area contributed by atoms with Gasteiger partial charge in [-0.15, -0.1) is 0 Å². The number of hydrogen-bond donors (Lipinski definition) is 0. The van der Waals surface area contributed by atoms with Crippen LogP contribution >= 0.6 is 0 Å². The van der Waals surface area contributed by atoms with Gasteiger partial charge in [0.25, 0.3) is 0 Å². The molecule has 1 amide bonds. The second kappa shape index (κ2) is 4.99. The Kier molecular flexibility index (Phi) is 4.66. The third kappa shape index (κ3) is 4.65. The molecule has 0 fully saturated rings. The molecule has 0 bridgehead atoms. The van der Waals surface area contributed by atoms with Crippen molar-refractivity contribution in [1.82, 2.24) is 4.90 Å². The average Bonchev–Trinajstić information content (AvgIpc) is 1.87. The van der Waals surface area contributed by atoms with Crippen LogP contribution < -0.4 is 0 Å². The normalized spacial score (nSPS) is 12.4. The number of amides is 1. The highest BCUT2D eigenvalue weighted by Gasteiger charge is 2.09. The molecule has 1 atom stereocenters. The lowest BCUT2D eigenvalue weighted by Gasteiger charge is -2.15. The van der Waals surface area contributed by atoms with Crippen LogP contribution in [0.1, 0.15) is 19.8 Å². The summed E-state index contributed by atoms with van der Waals surface area (Å²) in [7, 11) is 3.33. The Morgan fingerprint density at radius 3 is 2.55 bits per heavy atom. The van der Waals surface area contributed by atoms with Gasteiger partial charge in [0.05, 0.1) is 0 Å². The van der Waals surface area contributed by atoms with Crippen LogP contribution in [-0.4, -0.2) is 31.2 Å². The van der Waals surface area contributed by atoms with E-state index in [-0.39, 0.29) is 12.2 Å². The standard InChI is InChI=1S/C8H16NO2/c1-5-6-7(2)11-8(10)9(3)4/h7H,1,5-6H2,2-4H3. The molecule has 0 aliphatic rings. The highest BCUT2D eigenvalue weighted by Crippen LogP contribution is 2.01. The Morgan fingerprint density at radius 1 is 1.64 bits per heavy atom. The molecule has 0 aromatic carbocycles. The molecule has 0 saturated carbocycles. The van der Waals surface area contributed by atoms with Gasteiger partial charge in [0.2, 0.25) is 0 Å². The van der Waals surface area contributed by atoms with Crippen LogP contribution in [0.4, 0.5) is 4.79 Å². The van der Waals surface area contributed by atoms with Crippen molar-refractivity contribution < 1.29 is 9.53 Å². The molecule has 0 aliphatic carbocycles. The molecule has 1 radical (unpaired) electrons. The predicted octanol–water partition coefficient (Wildman–Crippen LogP) is 1.69. The largest absolute Gasteiger partial charge is 0.446 e. The van der Waals surface area contributed by atoms with E-state index in [1.54, 1.807) is 14.1 Å². The summed E-state index contributed by atoms with van der Waals surface area (Å²) < 4.78 is 5.00. The maximum atomic E-state index is 10.9. The van der Waals surface area contributed by atoms with Crippen LogP contribution in [0.5, 0.6) is 0 Å². The number of ether oxygens (including phenoxy) is 1. The van der Waals surface area contributed by atoms with Crippen molar-refractivity contribution in [3.05, 3.63) is 6.92 Å².